The van der Waals surface area contributed by atoms with Gasteiger partial charge in [-0.2, -0.15) is 5.10 Å². The number of carboxylic acids is 1. The van der Waals surface area contributed by atoms with Gasteiger partial charge in [0.25, 0.3) is 0 Å². The molecule has 2 aromatic rings. The molecule has 0 saturated carbocycles. The van der Waals surface area contributed by atoms with Crippen molar-refractivity contribution in [2.24, 2.45) is 7.05 Å². The van der Waals surface area contributed by atoms with Crippen molar-refractivity contribution in [3.05, 3.63) is 47.8 Å². The van der Waals surface area contributed by atoms with Gasteiger partial charge in [0.2, 0.25) is 0 Å². The summed E-state index contributed by atoms with van der Waals surface area (Å²) in [5.74, 6) is -0.385. The lowest BCUT2D eigenvalue weighted by molar-refractivity contribution is 0.0696. The van der Waals surface area contributed by atoms with Crippen LogP contribution in [-0.2, 0) is 13.5 Å². The highest BCUT2D eigenvalue weighted by Gasteiger charge is 2.04. The molecule has 0 radical (unpaired) electrons. The first kappa shape index (κ1) is 12.2. The first-order chi connectivity index (χ1) is 8.66. The maximum Gasteiger partial charge on any atom is 0.335 e. The molecule has 0 bridgehead atoms. The summed E-state index contributed by atoms with van der Waals surface area (Å²) in [6.07, 6.45) is 2.47. The monoisotopic (exact) mass is 246 g/mol. The largest absolute Gasteiger partial charge is 0.493 e. The zero-order valence-corrected chi connectivity index (χ0v) is 10.0. The SMILES string of the molecule is Cn1nccc1CCOc1cccc(C(=O)O)c1. The average molecular weight is 246 g/mol. The fourth-order valence-electron chi connectivity index (χ4n) is 1.64. The van der Waals surface area contributed by atoms with Crippen LogP contribution in [0.3, 0.4) is 0 Å². The summed E-state index contributed by atoms with van der Waals surface area (Å²) < 4.78 is 7.31. The minimum Gasteiger partial charge on any atom is -0.493 e. The highest BCUT2D eigenvalue weighted by Crippen LogP contribution is 2.13. The Morgan fingerprint density at radius 2 is 2.28 bits per heavy atom. The Morgan fingerprint density at radius 3 is 2.94 bits per heavy atom. The van der Waals surface area contributed by atoms with Crippen LogP contribution in [0, 0.1) is 0 Å². The fraction of sp³-hybridized carbons (Fsp3) is 0.231. The van der Waals surface area contributed by atoms with Crippen molar-refractivity contribution >= 4 is 5.97 Å². The highest BCUT2D eigenvalue weighted by atomic mass is 16.5. The third-order valence-corrected chi connectivity index (χ3v) is 2.63. The molecule has 0 saturated heterocycles. The standard InChI is InChI=1S/C13H14N2O3/c1-15-11(5-7-14-15)6-8-18-12-4-2-3-10(9-12)13(16)17/h2-5,7,9H,6,8H2,1H3,(H,16,17). The molecular formula is C13H14N2O3. The molecule has 0 atom stereocenters. The van der Waals surface area contributed by atoms with Gasteiger partial charge in [0.1, 0.15) is 5.75 Å². The first-order valence-electron chi connectivity index (χ1n) is 5.60. The topological polar surface area (TPSA) is 64.4 Å². The Labute approximate surface area is 105 Å². The minimum absolute atomic E-state index is 0.230. The molecule has 0 aliphatic heterocycles. The zero-order valence-electron chi connectivity index (χ0n) is 10.0. The third-order valence-electron chi connectivity index (χ3n) is 2.63. The Kier molecular flexibility index (Phi) is 3.62. The van der Waals surface area contributed by atoms with E-state index in [0.717, 1.165) is 12.1 Å². The van der Waals surface area contributed by atoms with Crippen molar-refractivity contribution in [2.75, 3.05) is 6.61 Å². The zero-order chi connectivity index (χ0) is 13.0. The Bertz CT molecular complexity index is 549. The van der Waals surface area contributed by atoms with Crippen molar-refractivity contribution < 1.29 is 14.6 Å². The molecule has 0 amide bonds. The van der Waals surface area contributed by atoms with E-state index in [4.69, 9.17) is 9.84 Å². The molecule has 1 heterocycles. The van der Waals surface area contributed by atoms with Crippen LogP contribution in [0.1, 0.15) is 16.1 Å². The van der Waals surface area contributed by atoms with Gasteiger partial charge in [-0.25, -0.2) is 4.79 Å². The maximum absolute atomic E-state index is 10.8. The van der Waals surface area contributed by atoms with Gasteiger partial charge in [-0.15, -0.1) is 0 Å². The molecule has 0 spiro atoms. The van der Waals surface area contributed by atoms with E-state index in [1.807, 2.05) is 13.1 Å². The number of rotatable bonds is 5. The lowest BCUT2D eigenvalue weighted by atomic mass is 10.2. The number of carboxylic acid groups (broad SMARTS) is 1. The van der Waals surface area contributed by atoms with Crippen LogP contribution in [0.25, 0.3) is 0 Å². The Balaban J connectivity index is 1.92. The molecule has 94 valence electrons. The second-order valence-corrected chi connectivity index (χ2v) is 3.88. The normalized spacial score (nSPS) is 10.3. The Hall–Kier alpha value is -2.30. The van der Waals surface area contributed by atoms with Gasteiger partial charge in [0.05, 0.1) is 12.2 Å². The minimum atomic E-state index is -0.952. The number of ether oxygens (including phenoxy) is 1. The summed E-state index contributed by atoms with van der Waals surface area (Å²) in [5, 5.41) is 12.9. The van der Waals surface area contributed by atoms with E-state index in [0.29, 0.717) is 12.4 Å². The smallest absolute Gasteiger partial charge is 0.335 e. The lowest BCUT2D eigenvalue weighted by Crippen LogP contribution is -2.06. The van der Waals surface area contributed by atoms with Gasteiger partial charge in [0, 0.05) is 25.4 Å². The molecule has 0 unspecified atom stereocenters. The predicted molar refractivity (Wildman–Crippen MR) is 65.8 cm³/mol. The number of aromatic nitrogens is 2. The van der Waals surface area contributed by atoms with Crippen LogP contribution in [0.4, 0.5) is 0 Å². The van der Waals surface area contributed by atoms with Gasteiger partial charge >= 0.3 is 5.97 Å². The van der Waals surface area contributed by atoms with Crippen LogP contribution in [0.5, 0.6) is 5.75 Å². The van der Waals surface area contributed by atoms with Crippen molar-refractivity contribution in [3.8, 4) is 5.75 Å². The molecule has 0 fully saturated rings. The van der Waals surface area contributed by atoms with E-state index in [9.17, 15) is 4.79 Å². The number of hydrogen-bond acceptors (Lipinski definition) is 3. The van der Waals surface area contributed by atoms with Gasteiger partial charge in [-0.3, -0.25) is 4.68 Å². The van der Waals surface area contributed by atoms with E-state index in [2.05, 4.69) is 5.10 Å². The molecule has 0 aliphatic rings. The Morgan fingerprint density at radius 1 is 1.44 bits per heavy atom. The second kappa shape index (κ2) is 5.35. The number of aromatic carboxylic acids is 1. The molecule has 2 rings (SSSR count). The van der Waals surface area contributed by atoms with Crippen LogP contribution < -0.4 is 4.74 Å². The van der Waals surface area contributed by atoms with Gasteiger partial charge in [0.15, 0.2) is 0 Å². The van der Waals surface area contributed by atoms with Gasteiger partial charge in [-0.1, -0.05) is 6.07 Å². The number of carbonyl (C=O) groups is 1. The first-order valence-corrected chi connectivity index (χ1v) is 5.60. The van der Waals surface area contributed by atoms with Crippen molar-refractivity contribution in [3.63, 3.8) is 0 Å². The summed E-state index contributed by atoms with van der Waals surface area (Å²) in [6, 6.07) is 8.40. The molecule has 1 aromatic carbocycles. The van der Waals surface area contributed by atoms with E-state index in [-0.39, 0.29) is 5.56 Å². The van der Waals surface area contributed by atoms with Crippen molar-refractivity contribution in [1.82, 2.24) is 9.78 Å². The number of hydrogen-bond donors (Lipinski definition) is 1. The van der Waals surface area contributed by atoms with Crippen LogP contribution >= 0.6 is 0 Å². The van der Waals surface area contributed by atoms with E-state index >= 15 is 0 Å². The summed E-state index contributed by atoms with van der Waals surface area (Å²) in [5.41, 5.74) is 1.30. The van der Waals surface area contributed by atoms with E-state index in [1.165, 1.54) is 12.1 Å². The second-order valence-electron chi connectivity index (χ2n) is 3.88. The van der Waals surface area contributed by atoms with Crippen LogP contribution in [0.2, 0.25) is 0 Å². The predicted octanol–water partition coefficient (Wildman–Crippen LogP) is 1.74. The van der Waals surface area contributed by atoms with E-state index < -0.39 is 5.97 Å². The van der Waals surface area contributed by atoms with Gasteiger partial charge in [-0.05, 0) is 24.3 Å². The van der Waals surface area contributed by atoms with Crippen molar-refractivity contribution in [1.29, 1.82) is 0 Å². The lowest BCUT2D eigenvalue weighted by Gasteiger charge is -2.07. The van der Waals surface area contributed by atoms with Crippen LogP contribution in [0.15, 0.2) is 36.5 Å². The van der Waals surface area contributed by atoms with Crippen molar-refractivity contribution in [2.45, 2.75) is 6.42 Å². The number of benzene rings is 1. The third kappa shape index (κ3) is 2.88. The average Bonchev–Trinajstić information content (AvgIpc) is 2.76. The number of nitrogens with zero attached hydrogens (tertiary/aromatic N) is 2. The molecule has 1 N–H and O–H groups in total. The van der Waals surface area contributed by atoms with Crippen LogP contribution in [-0.4, -0.2) is 27.5 Å². The molecule has 1 aromatic heterocycles. The quantitative estimate of drug-likeness (QED) is 0.872. The molecular weight excluding hydrogens is 232 g/mol. The number of aryl methyl sites for hydroxylation is 1. The summed E-state index contributed by atoms with van der Waals surface area (Å²) in [6.45, 7) is 0.489. The fourth-order valence-corrected chi connectivity index (χ4v) is 1.64. The highest BCUT2D eigenvalue weighted by molar-refractivity contribution is 5.87. The molecule has 5 heteroatoms. The molecule has 18 heavy (non-hydrogen) atoms. The summed E-state index contributed by atoms with van der Waals surface area (Å²) in [7, 11) is 1.88. The summed E-state index contributed by atoms with van der Waals surface area (Å²) >= 11 is 0. The molecule has 0 aliphatic carbocycles. The maximum atomic E-state index is 10.8. The summed E-state index contributed by atoms with van der Waals surface area (Å²) in [4.78, 5) is 10.8. The van der Waals surface area contributed by atoms with Gasteiger partial charge < -0.3 is 9.84 Å². The molecule has 5 nitrogen and oxygen atoms in total. The van der Waals surface area contributed by atoms with E-state index in [1.54, 1.807) is 23.0 Å².